The Hall–Kier alpha value is -0.680. The zero-order valence-electron chi connectivity index (χ0n) is 8.27. The van der Waals surface area contributed by atoms with Crippen molar-refractivity contribution in [2.24, 2.45) is 0 Å². The number of alkyl halides is 2. The molecule has 1 saturated heterocycles. The van der Waals surface area contributed by atoms with E-state index in [-0.39, 0.29) is 11.8 Å². The fourth-order valence-corrected chi connectivity index (χ4v) is 2.53. The second-order valence-corrected chi connectivity index (χ2v) is 5.52. The highest BCUT2D eigenvalue weighted by atomic mass is 79.9. The van der Waals surface area contributed by atoms with Crippen LogP contribution in [-0.2, 0) is 16.1 Å². The first-order valence-electron chi connectivity index (χ1n) is 4.78. The summed E-state index contributed by atoms with van der Waals surface area (Å²) in [6.45, 7) is 0.336. The predicted molar refractivity (Wildman–Crippen MR) is 67.4 cm³/mol. The summed E-state index contributed by atoms with van der Waals surface area (Å²) in [6.07, 6.45) is 0. The van der Waals surface area contributed by atoms with E-state index in [1.165, 1.54) is 4.90 Å². The van der Waals surface area contributed by atoms with E-state index in [1.807, 2.05) is 30.3 Å². The van der Waals surface area contributed by atoms with E-state index < -0.39 is 9.65 Å². The second kappa shape index (κ2) is 4.67. The lowest BCUT2D eigenvalue weighted by Gasteiger charge is -2.13. The minimum atomic E-state index is -0.455. The molecule has 5 heteroatoms. The molecule has 0 aromatic heterocycles. The predicted octanol–water partition coefficient (Wildman–Crippen LogP) is 2.08. The Kier molecular flexibility index (Phi) is 3.44. The smallest absolute Gasteiger partial charge is 0.244 e. The topological polar surface area (TPSA) is 37.4 Å². The van der Waals surface area contributed by atoms with Gasteiger partial charge in [-0.15, -0.1) is 0 Å². The van der Waals surface area contributed by atoms with Gasteiger partial charge in [0.2, 0.25) is 11.8 Å². The Morgan fingerprint density at radius 2 is 1.50 bits per heavy atom. The van der Waals surface area contributed by atoms with Gasteiger partial charge in [-0.3, -0.25) is 14.5 Å². The molecule has 1 fully saturated rings. The molecule has 1 heterocycles. The number of halogens is 2. The Bertz CT molecular complexity index is 401. The maximum absolute atomic E-state index is 11.8. The van der Waals surface area contributed by atoms with Gasteiger partial charge in [0, 0.05) is 0 Å². The zero-order chi connectivity index (χ0) is 11.7. The molecule has 2 amide bonds. The molecule has 0 aliphatic carbocycles. The molecule has 0 spiro atoms. The highest BCUT2D eigenvalue weighted by Gasteiger charge is 2.44. The highest BCUT2D eigenvalue weighted by Crippen LogP contribution is 2.27. The van der Waals surface area contributed by atoms with E-state index in [0.29, 0.717) is 6.54 Å². The summed E-state index contributed by atoms with van der Waals surface area (Å²) in [5, 5.41) is 0. The second-order valence-electron chi connectivity index (χ2n) is 3.55. The monoisotopic (exact) mass is 345 g/mol. The van der Waals surface area contributed by atoms with Crippen LogP contribution in [0.3, 0.4) is 0 Å². The van der Waals surface area contributed by atoms with Crippen LogP contribution in [-0.4, -0.2) is 26.4 Å². The number of likely N-dealkylation sites (tertiary alicyclic amines) is 1. The van der Waals surface area contributed by atoms with Gasteiger partial charge in [0.1, 0.15) is 9.65 Å². The van der Waals surface area contributed by atoms with Gasteiger partial charge in [-0.05, 0) is 5.56 Å². The fraction of sp³-hybridized carbons (Fsp3) is 0.273. The average Bonchev–Trinajstić information content (AvgIpc) is 2.48. The number of amides is 2. The number of nitrogens with zero attached hydrogens (tertiary/aromatic N) is 1. The van der Waals surface area contributed by atoms with Crippen molar-refractivity contribution in [2.45, 2.75) is 16.2 Å². The Balaban J connectivity index is 2.17. The van der Waals surface area contributed by atoms with Crippen molar-refractivity contribution >= 4 is 43.7 Å². The third-order valence-corrected chi connectivity index (χ3v) is 4.99. The first-order valence-corrected chi connectivity index (χ1v) is 6.61. The number of rotatable bonds is 2. The van der Waals surface area contributed by atoms with Gasteiger partial charge in [-0.1, -0.05) is 62.2 Å². The van der Waals surface area contributed by atoms with Gasteiger partial charge >= 0.3 is 0 Å². The van der Waals surface area contributed by atoms with Crippen LogP contribution in [0.25, 0.3) is 0 Å². The molecule has 2 rings (SSSR count). The molecule has 1 aliphatic rings. The lowest BCUT2D eigenvalue weighted by atomic mass is 10.2. The molecule has 16 heavy (non-hydrogen) atoms. The third kappa shape index (κ3) is 2.06. The minimum Gasteiger partial charge on any atom is -0.276 e. The van der Waals surface area contributed by atoms with Crippen LogP contribution in [0, 0.1) is 0 Å². The molecule has 2 unspecified atom stereocenters. The molecule has 0 saturated carbocycles. The lowest BCUT2D eigenvalue weighted by molar-refractivity contribution is -0.138. The standard InChI is InChI=1S/C11H9Br2NO2/c12-8-9(13)11(16)14(10(8)15)6-7-4-2-1-3-5-7/h1-5,8-9H,6H2. The van der Waals surface area contributed by atoms with Gasteiger partial charge in [0.05, 0.1) is 6.54 Å². The Labute approximate surface area is 110 Å². The van der Waals surface area contributed by atoms with E-state index in [9.17, 15) is 9.59 Å². The average molecular weight is 347 g/mol. The van der Waals surface area contributed by atoms with Gasteiger partial charge < -0.3 is 0 Å². The molecular weight excluding hydrogens is 338 g/mol. The van der Waals surface area contributed by atoms with E-state index >= 15 is 0 Å². The van der Waals surface area contributed by atoms with Crippen LogP contribution in [0.15, 0.2) is 30.3 Å². The first kappa shape index (κ1) is 11.8. The number of carbonyl (C=O) groups is 2. The van der Waals surface area contributed by atoms with Crippen LogP contribution in [0.5, 0.6) is 0 Å². The molecule has 1 aromatic rings. The SMILES string of the molecule is O=C1C(Br)C(Br)C(=O)N1Cc1ccccc1. The fourth-order valence-electron chi connectivity index (χ4n) is 1.58. The molecule has 0 N–H and O–H groups in total. The summed E-state index contributed by atoms with van der Waals surface area (Å²) in [5.41, 5.74) is 0.950. The van der Waals surface area contributed by atoms with Crippen molar-refractivity contribution in [2.75, 3.05) is 0 Å². The molecule has 3 nitrogen and oxygen atoms in total. The lowest BCUT2D eigenvalue weighted by Crippen LogP contribution is -2.30. The summed E-state index contributed by atoms with van der Waals surface area (Å²) in [5.74, 6) is -0.369. The number of imide groups is 1. The van der Waals surface area contributed by atoms with Crippen molar-refractivity contribution in [1.29, 1.82) is 0 Å². The number of carbonyl (C=O) groups excluding carboxylic acids is 2. The molecule has 1 aliphatic heterocycles. The third-order valence-electron chi connectivity index (χ3n) is 2.44. The molecular formula is C11H9Br2NO2. The van der Waals surface area contributed by atoms with Crippen LogP contribution in [0.1, 0.15) is 5.56 Å². The first-order chi connectivity index (χ1) is 7.61. The van der Waals surface area contributed by atoms with Gasteiger partial charge in [-0.2, -0.15) is 0 Å². The number of benzene rings is 1. The van der Waals surface area contributed by atoms with Crippen molar-refractivity contribution < 1.29 is 9.59 Å². The largest absolute Gasteiger partial charge is 0.276 e. The van der Waals surface area contributed by atoms with Crippen LogP contribution < -0.4 is 0 Å². The van der Waals surface area contributed by atoms with E-state index in [0.717, 1.165) is 5.56 Å². The molecule has 1 aromatic carbocycles. The molecule has 0 radical (unpaired) electrons. The molecule has 2 atom stereocenters. The number of hydrogen-bond acceptors (Lipinski definition) is 2. The summed E-state index contributed by atoms with van der Waals surface area (Å²) >= 11 is 6.41. The van der Waals surface area contributed by atoms with Crippen molar-refractivity contribution in [3.8, 4) is 0 Å². The van der Waals surface area contributed by atoms with Crippen LogP contribution in [0.4, 0.5) is 0 Å². The number of hydrogen-bond donors (Lipinski definition) is 0. The van der Waals surface area contributed by atoms with E-state index in [2.05, 4.69) is 31.9 Å². The maximum atomic E-state index is 11.8. The Morgan fingerprint density at radius 1 is 1.00 bits per heavy atom. The Morgan fingerprint density at radius 3 is 2.00 bits per heavy atom. The van der Waals surface area contributed by atoms with Crippen molar-refractivity contribution in [3.63, 3.8) is 0 Å². The normalized spacial score (nSPS) is 25.2. The zero-order valence-corrected chi connectivity index (χ0v) is 11.4. The van der Waals surface area contributed by atoms with Crippen LogP contribution in [0.2, 0.25) is 0 Å². The summed E-state index contributed by atoms with van der Waals surface area (Å²) in [7, 11) is 0. The summed E-state index contributed by atoms with van der Waals surface area (Å²) in [4.78, 5) is 23.9. The van der Waals surface area contributed by atoms with Gasteiger partial charge in [-0.25, -0.2) is 0 Å². The van der Waals surface area contributed by atoms with Crippen molar-refractivity contribution in [1.82, 2.24) is 4.90 Å². The molecule has 0 bridgehead atoms. The van der Waals surface area contributed by atoms with Crippen molar-refractivity contribution in [3.05, 3.63) is 35.9 Å². The van der Waals surface area contributed by atoms with Crippen LogP contribution >= 0.6 is 31.9 Å². The quantitative estimate of drug-likeness (QED) is 0.607. The maximum Gasteiger partial charge on any atom is 0.244 e. The van der Waals surface area contributed by atoms with E-state index in [4.69, 9.17) is 0 Å². The summed E-state index contributed by atoms with van der Waals surface area (Å²) < 4.78 is 0. The van der Waals surface area contributed by atoms with E-state index in [1.54, 1.807) is 0 Å². The van der Waals surface area contributed by atoms with Gasteiger partial charge in [0.25, 0.3) is 0 Å². The molecule has 84 valence electrons. The summed E-state index contributed by atoms with van der Waals surface area (Å²) in [6, 6.07) is 9.46. The minimum absolute atomic E-state index is 0.185. The van der Waals surface area contributed by atoms with Gasteiger partial charge in [0.15, 0.2) is 0 Å². The highest BCUT2D eigenvalue weighted by molar-refractivity contribution is 9.12.